The second kappa shape index (κ2) is 4.16. The van der Waals surface area contributed by atoms with E-state index >= 15 is 0 Å². The van der Waals surface area contributed by atoms with Crippen molar-refractivity contribution in [1.29, 1.82) is 0 Å². The topological polar surface area (TPSA) is 55.4 Å². The van der Waals surface area contributed by atoms with E-state index in [4.69, 9.17) is 4.74 Å². The first-order chi connectivity index (χ1) is 6.66. The van der Waals surface area contributed by atoms with Gasteiger partial charge in [-0.25, -0.2) is 8.42 Å². The molecule has 0 spiro atoms. The largest absolute Gasteiger partial charge is 0.374 e. The van der Waals surface area contributed by atoms with Gasteiger partial charge in [-0.05, 0) is 32.4 Å². The van der Waals surface area contributed by atoms with Crippen molar-refractivity contribution in [1.82, 2.24) is 5.32 Å². The Hall–Kier alpha value is -0.130. The molecule has 2 aliphatic heterocycles. The SMILES string of the molecule is O=S1(=O)CCC(OC2CCNCC2)C1. The summed E-state index contributed by atoms with van der Waals surface area (Å²) < 4.78 is 28.1. The first kappa shape index (κ1) is 10.4. The van der Waals surface area contributed by atoms with Crippen molar-refractivity contribution >= 4 is 9.84 Å². The van der Waals surface area contributed by atoms with Crippen LogP contribution in [0.15, 0.2) is 0 Å². The minimum absolute atomic E-state index is 0.0388. The third-order valence-corrected chi connectivity index (χ3v) is 4.60. The Kier molecular flexibility index (Phi) is 3.09. The standard InChI is InChI=1S/C9H17NO3S/c11-14(12)6-3-9(7-14)13-8-1-4-10-5-2-8/h8-10H,1-7H2. The highest BCUT2D eigenvalue weighted by Crippen LogP contribution is 2.19. The fourth-order valence-electron chi connectivity index (χ4n) is 2.07. The van der Waals surface area contributed by atoms with E-state index in [0.29, 0.717) is 12.2 Å². The summed E-state index contributed by atoms with van der Waals surface area (Å²) in [5.74, 6) is 0.541. The zero-order valence-corrected chi connectivity index (χ0v) is 9.05. The Balaban J connectivity index is 1.80. The maximum atomic E-state index is 11.2. The molecule has 0 aliphatic carbocycles. The van der Waals surface area contributed by atoms with Crippen molar-refractivity contribution in [2.45, 2.75) is 31.5 Å². The predicted molar refractivity (Wildman–Crippen MR) is 54.0 cm³/mol. The van der Waals surface area contributed by atoms with Crippen LogP contribution in [-0.2, 0) is 14.6 Å². The van der Waals surface area contributed by atoms with Crippen LogP contribution in [0.1, 0.15) is 19.3 Å². The zero-order chi connectivity index (χ0) is 10.0. The quantitative estimate of drug-likeness (QED) is 0.707. The van der Waals surface area contributed by atoms with Gasteiger partial charge in [-0.3, -0.25) is 0 Å². The Morgan fingerprint density at radius 2 is 1.79 bits per heavy atom. The molecule has 1 unspecified atom stereocenters. The summed E-state index contributed by atoms with van der Waals surface area (Å²) in [4.78, 5) is 0. The average Bonchev–Trinajstić information content (AvgIpc) is 2.47. The van der Waals surface area contributed by atoms with Crippen LogP contribution in [0.3, 0.4) is 0 Å². The number of ether oxygens (including phenoxy) is 1. The molecule has 1 atom stereocenters. The van der Waals surface area contributed by atoms with Gasteiger partial charge >= 0.3 is 0 Å². The molecule has 0 aromatic carbocycles. The van der Waals surface area contributed by atoms with Crippen LogP contribution < -0.4 is 5.32 Å². The van der Waals surface area contributed by atoms with Gasteiger partial charge in [-0.2, -0.15) is 0 Å². The lowest BCUT2D eigenvalue weighted by molar-refractivity contribution is -0.0133. The lowest BCUT2D eigenvalue weighted by Gasteiger charge is -2.25. The summed E-state index contributed by atoms with van der Waals surface area (Å²) in [5.41, 5.74) is 0. The Labute approximate surface area is 84.9 Å². The molecule has 2 fully saturated rings. The third-order valence-electron chi connectivity index (χ3n) is 2.86. The van der Waals surface area contributed by atoms with Crippen molar-refractivity contribution in [2.24, 2.45) is 0 Å². The highest BCUT2D eigenvalue weighted by molar-refractivity contribution is 7.91. The predicted octanol–water partition coefficient (Wildman–Crippen LogP) is -0.0579. The molecule has 0 saturated carbocycles. The number of rotatable bonds is 2. The van der Waals surface area contributed by atoms with Crippen LogP contribution in [0.4, 0.5) is 0 Å². The fraction of sp³-hybridized carbons (Fsp3) is 1.00. The van der Waals surface area contributed by atoms with Crippen molar-refractivity contribution in [3.63, 3.8) is 0 Å². The van der Waals surface area contributed by atoms with E-state index in [1.54, 1.807) is 0 Å². The summed E-state index contributed by atoms with van der Waals surface area (Å²) in [6, 6.07) is 0. The van der Waals surface area contributed by atoms with Crippen molar-refractivity contribution in [3.05, 3.63) is 0 Å². The van der Waals surface area contributed by atoms with E-state index in [9.17, 15) is 8.42 Å². The van der Waals surface area contributed by atoms with E-state index in [-0.39, 0.29) is 18.0 Å². The van der Waals surface area contributed by atoms with Crippen LogP contribution in [0.2, 0.25) is 0 Å². The van der Waals surface area contributed by atoms with Gasteiger partial charge in [0.05, 0.1) is 23.7 Å². The molecule has 0 bridgehead atoms. The molecule has 82 valence electrons. The molecular weight excluding hydrogens is 202 g/mol. The number of piperidine rings is 1. The first-order valence-corrected chi connectivity index (χ1v) is 7.04. The summed E-state index contributed by atoms with van der Waals surface area (Å²) in [6.07, 6.45) is 2.94. The summed E-state index contributed by atoms with van der Waals surface area (Å²) in [7, 11) is -2.79. The minimum atomic E-state index is -2.79. The molecule has 0 aromatic rings. The van der Waals surface area contributed by atoms with Crippen molar-refractivity contribution < 1.29 is 13.2 Å². The van der Waals surface area contributed by atoms with Gasteiger partial charge < -0.3 is 10.1 Å². The molecule has 14 heavy (non-hydrogen) atoms. The summed E-state index contributed by atoms with van der Waals surface area (Å²) >= 11 is 0. The van der Waals surface area contributed by atoms with Crippen LogP contribution in [0.5, 0.6) is 0 Å². The molecule has 4 nitrogen and oxygen atoms in total. The van der Waals surface area contributed by atoms with Gasteiger partial charge in [-0.15, -0.1) is 0 Å². The van der Waals surface area contributed by atoms with Crippen LogP contribution in [0.25, 0.3) is 0 Å². The van der Waals surface area contributed by atoms with E-state index in [1.807, 2.05) is 0 Å². The molecule has 1 N–H and O–H groups in total. The maximum Gasteiger partial charge on any atom is 0.152 e. The molecule has 0 aromatic heterocycles. The summed E-state index contributed by atoms with van der Waals surface area (Å²) in [6.45, 7) is 1.98. The third kappa shape index (κ3) is 2.68. The molecule has 5 heteroatoms. The first-order valence-electron chi connectivity index (χ1n) is 5.22. The highest BCUT2D eigenvalue weighted by Gasteiger charge is 2.30. The Morgan fingerprint density at radius 1 is 1.07 bits per heavy atom. The zero-order valence-electron chi connectivity index (χ0n) is 8.24. The van der Waals surface area contributed by atoms with Gasteiger partial charge in [0.1, 0.15) is 0 Å². The molecule has 2 aliphatic rings. The second-order valence-corrected chi connectivity index (χ2v) is 6.34. The van der Waals surface area contributed by atoms with Gasteiger partial charge in [0, 0.05) is 0 Å². The molecular formula is C9H17NO3S. The molecule has 2 heterocycles. The van der Waals surface area contributed by atoms with Gasteiger partial charge in [0.25, 0.3) is 0 Å². The number of hydrogen-bond donors (Lipinski definition) is 1. The summed E-state index contributed by atoms with van der Waals surface area (Å²) in [5, 5.41) is 3.26. The van der Waals surface area contributed by atoms with Crippen molar-refractivity contribution in [2.75, 3.05) is 24.6 Å². The molecule has 2 saturated heterocycles. The van der Waals surface area contributed by atoms with Gasteiger partial charge in [-0.1, -0.05) is 0 Å². The van der Waals surface area contributed by atoms with E-state index < -0.39 is 9.84 Å². The van der Waals surface area contributed by atoms with Crippen LogP contribution in [-0.4, -0.2) is 45.2 Å². The molecule has 2 rings (SSSR count). The number of sulfone groups is 1. The van der Waals surface area contributed by atoms with Gasteiger partial charge in [0.15, 0.2) is 9.84 Å². The van der Waals surface area contributed by atoms with Crippen LogP contribution in [0, 0.1) is 0 Å². The van der Waals surface area contributed by atoms with E-state index in [2.05, 4.69) is 5.32 Å². The Bertz CT molecular complexity index is 282. The minimum Gasteiger partial charge on any atom is -0.374 e. The van der Waals surface area contributed by atoms with Gasteiger partial charge in [0.2, 0.25) is 0 Å². The normalized spacial score (nSPS) is 33.3. The van der Waals surface area contributed by atoms with Crippen LogP contribution >= 0.6 is 0 Å². The second-order valence-electron chi connectivity index (χ2n) is 4.11. The number of nitrogens with one attached hydrogen (secondary N) is 1. The highest BCUT2D eigenvalue weighted by atomic mass is 32.2. The van der Waals surface area contributed by atoms with E-state index in [1.165, 1.54) is 0 Å². The van der Waals surface area contributed by atoms with Crippen molar-refractivity contribution in [3.8, 4) is 0 Å². The number of hydrogen-bond acceptors (Lipinski definition) is 4. The monoisotopic (exact) mass is 219 g/mol. The lowest BCUT2D eigenvalue weighted by Crippen LogP contribution is -2.35. The Morgan fingerprint density at radius 3 is 2.36 bits per heavy atom. The molecule has 0 radical (unpaired) electrons. The maximum absolute atomic E-state index is 11.2. The lowest BCUT2D eigenvalue weighted by atomic mass is 10.1. The van der Waals surface area contributed by atoms with E-state index in [0.717, 1.165) is 25.9 Å². The molecule has 0 amide bonds. The fourth-order valence-corrected chi connectivity index (χ4v) is 3.67. The smallest absolute Gasteiger partial charge is 0.152 e. The average molecular weight is 219 g/mol.